The maximum absolute atomic E-state index is 13.4. The van der Waals surface area contributed by atoms with Crippen LogP contribution < -0.4 is 10.5 Å². The third-order valence-electron chi connectivity index (χ3n) is 3.20. The normalized spacial score (nSPS) is 12.2. The minimum atomic E-state index is -0.432. The molecule has 0 bridgehead atoms. The standard InChI is InChI=1S/C17H19ClFNO/c1-11-4-3-5-14(8-12(2)20)17(11)21-10-13-6-7-15(18)16(19)9-13/h3-7,9,12H,8,10,20H2,1-2H3. The summed E-state index contributed by atoms with van der Waals surface area (Å²) in [5.41, 5.74) is 8.72. The van der Waals surface area contributed by atoms with Crippen molar-refractivity contribution in [1.82, 2.24) is 0 Å². The van der Waals surface area contributed by atoms with E-state index < -0.39 is 5.82 Å². The molecule has 0 aliphatic carbocycles. The second kappa shape index (κ2) is 6.92. The lowest BCUT2D eigenvalue weighted by Gasteiger charge is -2.15. The average Bonchev–Trinajstić information content (AvgIpc) is 2.41. The van der Waals surface area contributed by atoms with Gasteiger partial charge < -0.3 is 10.5 Å². The van der Waals surface area contributed by atoms with Gasteiger partial charge in [0.05, 0.1) is 5.02 Å². The molecule has 0 saturated heterocycles. The fourth-order valence-corrected chi connectivity index (χ4v) is 2.33. The predicted molar refractivity (Wildman–Crippen MR) is 84.3 cm³/mol. The first-order valence-corrected chi connectivity index (χ1v) is 7.26. The number of para-hydroxylation sites is 1. The Morgan fingerprint density at radius 1 is 1.29 bits per heavy atom. The van der Waals surface area contributed by atoms with E-state index in [2.05, 4.69) is 0 Å². The summed E-state index contributed by atoms with van der Waals surface area (Å²) in [7, 11) is 0. The van der Waals surface area contributed by atoms with Gasteiger partial charge in [0.1, 0.15) is 18.2 Å². The van der Waals surface area contributed by atoms with E-state index in [1.54, 1.807) is 6.07 Å². The van der Waals surface area contributed by atoms with Gasteiger partial charge >= 0.3 is 0 Å². The van der Waals surface area contributed by atoms with Crippen LogP contribution in [0.3, 0.4) is 0 Å². The first-order valence-electron chi connectivity index (χ1n) is 6.88. The van der Waals surface area contributed by atoms with Gasteiger partial charge in [-0.1, -0.05) is 35.9 Å². The monoisotopic (exact) mass is 307 g/mol. The molecule has 0 heterocycles. The van der Waals surface area contributed by atoms with Gasteiger partial charge in [-0.05, 0) is 49.1 Å². The Morgan fingerprint density at radius 2 is 2.05 bits per heavy atom. The van der Waals surface area contributed by atoms with E-state index in [4.69, 9.17) is 22.1 Å². The van der Waals surface area contributed by atoms with E-state index in [-0.39, 0.29) is 11.1 Å². The van der Waals surface area contributed by atoms with Gasteiger partial charge in [-0.15, -0.1) is 0 Å². The summed E-state index contributed by atoms with van der Waals surface area (Å²) >= 11 is 5.68. The summed E-state index contributed by atoms with van der Waals surface area (Å²) in [4.78, 5) is 0. The van der Waals surface area contributed by atoms with Crippen molar-refractivity contribution in [2.45, 2.75) is 32.9 Å². The van der Waals surface area contributed by atoms with Crippen LogP contribution in [0.2, 0.25) is 5.02 Å². The number of aryl methyl sites for hydroxylation is 1. The molecule has 112 valence electrons. The summed E-state index contributed by atoms with van der Waals surface area (Å²) in [6.07, 6.45) is 0.742. The molecule has 0 aromatic heterocycles. The van der Waals surface area contributed by atoms with E-state index in [0.29, 0.717) is 6.61 Å². The minimum Gasteiger partial charge on any atom is -0.488 e. The van der Waals surface area contributed by atoms with Crippen LogP contribution in [-0.2, 0) is 13.0 Å². The van der Waals surface area contributed by atoms with Crippen molar-refractivity contribution in [3.05, 3.63) is 63.9 Å². The molecule has 0 amide bonds. The molecule has 1 atom stereocenters. The summed E-state index contributed by atoms with van der Waals surface area (Å²) < 4.78 is 19.3. The third-order valence-corrected chi connectivity index (χ3v) is 3.51. The number of hydrogen-bond donors (Lipinski definition) is 1. The molecule has 1 unspecified atom stereocenters. The van der Waals surface area contributed by atoms with E-state index >= 15 is 0 Å². The zero-order valence-corrected chi connectivity index (χ0v) is 13.0. The van der Waals surface area contributed by atoms with E-state index in [1.165, 1.54) is 12.1 Å². The van der Waals surface area contributed by atoms with Gasteiger partial charge in [-0.2, -0.15) is 0 Å². The molecule has 0 aliphatic heterocycles. The van der Waals surface area contributed by atoms with Gasteiger partial charge in [0.15, 0.2) is 0 Å². The fraction of sp³-hybridized carbons (Fsp3) is 0.294. The fourth-order valence-electron chi connectivity index (χ4n) is 2.21. The van der Waals surface area contributed by atoms with Crippen LogP contribution >= 0.6 is 11.6 Å². The Hall–Kier alpha value is -1.58. The molecule has 0 fully saturated rings. The number of nitrogens with two attached hydrogens (primary N) is 1. The Balaban J connectivity index is 2.17. The molecule has 0 radical (unpaired) electrons. The van der Waals surface area contributed by atoms with Crippen LogP contribution in [0.15, 0.2) is 36.4 Å². The Morgan fingerprint density at radius 3 is 2.71 bits per heavy atom. The summed E-state index contributed by atoms with van der Waals surface area (Å²) in [5.74, 6) is 0.392. The first kappa shape index (κ1) is 15.8. The van der Waals surface area contributed by atoms with Crippen LogP contribution in [0.5, 0.6) is 5.75 Å². The van der Waals surface area contributed by atoms with Crippen LogP contribution in [0, 0.1) is 12.7 Å². The summed E-state index contributed by atoms with van der Waals surface area (Å²) in [5, 5.41) is 0.118. The van der Waals surface area contributed by atoms with Crippen LogP contribution in [0.4, 0.5) is 4.39 Å². The topological polar surface area (TPSA) is 35.2 Å². The number of rotatable bonds is 5. The van der Waals surface area contributed by atoms with E-state index in [1.807, 2.05) is 32.0 Å². The van der Waals surface area contributed by atoms with Gasteiger partial charge in [-0.3, -0.25) is 0 Å². The Kier molecular flexibility index (Phi) is 5.21. The Bertz CT molecular complexity index is 628. The van der Waals surface area contributed by atoms with E-state index in [0.717, 1.165) is 28.9 Å². The molecule has 21 heavy (non-hydrogen) atoms. The highest BCUT2D eigenvalue weighted by molar-refractivity contribution is 6.30. The van der Waals surface area contributed by atoms with Crippen molar-refractivity contribution in [1.29, 1.82) is 0 Å². The number of hydrogen-bond acceptors (Lipinski definition) is 2. The molecule has 0 saturated carbocycles. The molecule has 4 heteroatoms. The lowest BCUT2D eigenvalue weighted by molar-refractivity contribution is 0.299. The SMILES string of the molecule is Cc1cccc(CC(C)N)c1OCc1ccc(Cl)c(F)c1. The second-order valence-electron chi connectivity index (χ2n) is 5.28. The van der Waals surface area contributed by atoms with Crippen LogP contribution in [-0.4, -0.2) is 6.04 Å². The molecular weight excluding hydrogens is 289 g/mol. The van der Waals surface area contributed by atoms with Gasteiger partial charge in [-0.25, -0.2) is 4.39 Å². The quantitative estimate of drug-likeness (QED) is 0.896. The summed E-state index contributed by atoms with van der Waals surface area (Å²) in [6, 6.07) is 10.7. The largest absolute Gasteiger partial charge is 0.488 e. The molecule has 2 aromatic rings. The third kappa shape index (κ3) is 4.19. The van der Waals surface area contributed by atoms with Gasteiger partial charge in [0.2, 0.25) is 0 Å². The van der Waals surface area contributed by atoms with Crippen molar-refractivity contribution < 1.29 is 9.13 Å². The number of halogens is 2. The van der Waals surface area contributed by atoms with Crippen LogP contribution in [0.25, 0.3) is 0 Å². The summed E-state index contributed by atoms with van der Waals surface area (Å²) in [6.45, 7) is 4.24. The zero-order valence-electron chi connectivity index (χ0n) is 12.2. The zero-order chi connectivity index (χ0) is 15.4. The molecular formula is C17H19ClFNO. The van der Waals surface area contributed by atoms with Crippen molar-refractivity contribution in [2.75, 3.05) is 0 Å². The Labute approximate surface area is 129 Å². The van der Waals surface area contributed by atoms with Crippen molar-refractivity contribution in [2.24, 2.45) is 5.73 Å². The molecule has 2 rings (SSSR count). The highest BCUT2D eigenvalue weighted by Crippen LogP contribution is 2.26. The molecule has 2 N–H and O–H groups in total. The van der Waals surface area contributed by atoms with Crippen molar-refractivity contribution >= 4 is 11.6 Å². The number of benzene rings is 2. The van der Waals surface area contributed by atoms with Crippen molar-refractivity contribution in [3.8, 4) is 5.75 Å². The van der Waals surface area contributed by atoms with Crippen molar-refractivity contribution in [3.63, 3.8) is 0 Å². The molecule has 2 aromatic carbocycles. The smallest absolute Gasteiger partial charge is 0.142 e. The molecule has 2 nitrogen and oxygen atoms in total. The highest BCUT2D eigenvalue weighted by atomic mass is 35.5. The second-order valence-corrected chi connectivity index (χ2v) is 5.69. The minimum absolute atomic E-state index is 0.0575. The molecule has 0 aliphatic rings. The first-order chi connectivity index (χ1) is 9.97. The number of ether oxygens (including phenoxy) is 1. The lowest BCUT2D eigenvalue weighted by Crippen LogP contribution is -2.18. The maximum Gasteiger partial charge on any atom is 0.142 e. The van der Waals surface area contributed by atoms with E-state index in [9.17, 15) is 4.39 Å². The lowest BCUT2D eigenvalue weighted by atomic mass is 10.0. The van der Waals surface area contributed by atoms with Gasteiger partial charge in [0, 0.05) is 6.04 Å². The highest BCUT2D eigenvalue weighted by Gasteiger charge is 2.10. The maximum atomic E-state index is 13.4. The van der Waals surface area contributed by atoms with Gasteiger partial charge in [0.25, 0.3) is 0 Å². The predicted octanol–water partition coefficient (Wildman–Crippen LogP) is 4.26. The average molecular weight is 308 g/mol. The molecule has 0 spiro atoms. The van der Waals surface area contributed by atoms with Crippen LogP contribution in [0.1, 0.15) is 23.6 Å².